The van der Waals surface area contributed by atoms with Crippen LogP contribution in [0.15, 0.2) is 6.07 Å². The Kier molecular flexibility index (Phi) is 4.54. The van der Waals surface area contributed by atoms with Crippen molar-refractivity contribution >= 4 is 11.6 Å². The maximum atomic E-state index is 5.86. The van der Waals surface area contributed by atoms with Crippen LogP contribution in [0.1, 0.15) is 53.8 Å². The molecule has 1 heterocycles. The third-order valence-electron chi connectivity index (χ3n) is 2.99. The van der Waals surface area contributed by atoms with Gasteiger partial charge < -0.3 is 11.1 Å². The Bertz CT molecular complexity index is 393. The van der Waals surface area contributed by atoms with Gasteiger partial charge in [-0.25, -0.2) is 9.97 Å². The van der Waals surface area contributed by atoms with Crippen molar-refractivity contribution in [3.63, 3.8) is 0 Å². The van der Waals surface area contributed by atoms with Crippen LogP contribution in [0.3, 0.4) is 0 Å². The zero-order chi connectivity index (χ0) is 13.9. The van der Waals surface area contributed by atoms with Gasteiger partial charge in [-0.15, -0.1) is 0 Å². The highest BCUT2D eigenvalue weighted by Crippen LogP contribution is 2.22. The van der Waals surface area contributed by atoms with E-state index in [4.69, 9.17) is 5.73 Å². The Hall–Kier alpha value is -1.32. The van der Waals surface area contributed by atoms with Gasteiger partial charge in [0.05, 0.1) is 0 Å². The average Bonchev–Trinajstić information content (AvgIpc) is 2.23. The molecule has 102 valence electrons. The van der Waals surface area contributed by atoms with Crippen LogP contribution in [0.2, 0.25) is 0 Å². The van der Waals surface area contributed by atoms with E-state index in [1.807, 2.05) is 0 Å². The summed E-state index contributed by atoms with van der Waals surface area (Å²) in [5.74, 6) is 2.69. The van der Waals surface area contributed by atoms with Crippen LogP contribution in [-0.4, -0.2) is 16.0 Å². The number of hydrogen-bond donors (Lipinski definition) is 2. The molecule has 0 aliphatic carbocycles. The molecule has 0 saturated heterocycles. The number of nitrogens with one attached hydrogen (secondary N) is 1. The Morgan fingerprint density at radius 2 is 1.89 bits per heavy atom. The fraction of sp³-hybridized carbons (Fsp3) is 0.714. The van der Waals surface area contributed by atoms with E-state index in [-0.39, 0.29) is 5.41 Å². The normalized spacial score (nSPS) is 13.7. The van der Waals surface area contributed by atoms with Crippen LogP contribution in [-0.2, 0) is 5.41 Å². The summed E-state index contributed by atoms with van der Waals surface area (Å²) in [7, 11) is 0. The average molecular weight is 250 g/mol. The lowest BCUT2D eigenvalue weighted by Gasteiger charge is -2.23. The Labute approximate surface area is 110 Å². The van der Waals surface area contributed by atoms with Gasteiger partial charge in [0.25, 0.3) is 0 Å². The molecule has 1 atom stereocenters. The Morgan fingerprint density at radius 1 is 1.28 bits per heavy atom. The molecular formula is C14H26N4. The van der Waals surface area contributed by atoms with E-state index in [0.717, 1.165) is 18.1 Å². The van der Waals surface area contributed by atoms with Crippen LogP contribution >= 0.6 is 0 Å². The quantitative estimate of drug-likeness (QED) is 0.861. The summed E-state index contributed by atoms with van der Waals surface area (Å²) in [5, 5.41) is 3.45. The van der Waals surface area contributed by atoms with Crippen molar-refractivity contribution in [3.05, 3.63) is 11.9 Å². The number of anilines is 2. The molecule has 0 radical (unpaired) electrons. The zero-order valence-corrected chi connectivity index (χ0v) is 12.4. The summed E-state index contributed by atoms with van der Waals surface area (Å²) in [5.41, 5.74) is 5.77. The summed E-state index contributed by atoms with van der Waals surface area (Å²) in [4.78, 5) is 8.88. The molecule has 0 bridgehead atoms. The first-order valence-corrected chi connectivity index (χ1v) is 6.65. The van der Waals surface area contributed by atoms with Gasteiger partial charge in [-0.1, -0.05) is 41.5 Å². The maximum absolute atomic E-state index is 5.86. The summed E-state index contributed by atoms with van der Waals surface area (Å²) in [6.45, 7) is 12.8. The minimum atomic E-state index is -0.0919. The Balaban J connectivity index is 3.00. The number of nitrogens with zero attached hydrogens (tertiary/aromatic N) is 2. The van der Waals surface area contributed by atoms with Gasteiger partial charge in [-0.2, -0.15) is 0 Å². The van der Waals surface area contributed by atoms with Crippen molar-refractivity contribution < 1.29 is 0 Å². The molecule has 0 aliphatic rings. The molecule has 3 N–H and O–H groups in total. The van der Waals surface area contributed by atoms with E-state index in [2.05, 4.69) is 56.8 Å². The van der Waals surface area contributed by atoms with Crippen molar-refractivity contribution in [2.75, 3.05) is 11.1 Å². The van der Waals surface area contributed by atoms with Gasteiger partial charge >= 0.3 is 0 Å². The molecule has 0 fully saturated rings. The molecule has 0 aliphatic heterocycles. The first kappa shape index (κ1) is 14.7. The summed E-state index contributed by atoms with van der Waals surface area (Å²) < 4.78 is 0. The van der Waals surface area contributed by atoms with Crippen LogP contribution in [0, 0.1) is 5.92 Å². The van der Waals surface area contributed by atoms with Gasteiger partial charge in [-0.05, 0) is 12.3 Å². The minimum absolute atomic E-state index is 0.0919. The van der Waals surface area contributed by atoms with Crippen LogP contribution in [0.5, 0.6) is 0 Å². The van der Waals surface area contributed by atoms with Gasteiger partial charge in [-0.3, -0.25) is 0 Å². The SMILES string of the molecule is CCC(Nc1cc(N)nc(C(C)(C)C)n1)C(C)C. The first-order valence-electron chi connectivity index (χ1n) is 6.65. The summed E-state index contributed by atoms with van der Waals surface area (Å²) >= 11 is 0. The molecule has 1 aromatic rings. The van der Waals surface area contributed by atoms with E-state index < -0.39 is 0 Å². The summed E-state index contributed by atoms with van der Waals surface area (Å²) in [6.07, 6.45) is 1.06. The van der Waals surface area contributed by atoms with Gasteiger partial charge in [0.1, 0.15) is 17.5 Å². The highest BCUT2D eigenvalue weighted by atomic mass is 15.1. The van der Waals surface area contributed by atoms with Gasteiger partial charge in [0.2, 0.25) is 0 Å². The lowest BCUT2D eigenvalue weighted by atomic mass is 9.95. The molecule has 0 saturated carbocycles. The predicted molar refractivity (Wildman–Crippen MR) is 77.7 cm³/mol. The third-order valence-corrected chi connectivity index (χ3v) is 2.99. The van der Waals surface area contributed by atoms with Crippen molar-refractivity contribution in [2.24, 2.45) is 5.92 Å². The van der Waals surface area contributed by atoms with E-state index in [1.54, 1.807) is 6.07 Å². The van der Waals surface area contributed by atoms with E-state index in [1.165, 1.54) is 0 Å². The molecule has 4 nitrogen and oxygen atoms in total. The van der Waals surface area contributed by atoms with Gasteiger partial charge in [0.15, 0.2) is 0 Å². The lowest BCUT2D eigenvalue weighted by molar-refractivity contribution is 0.506. The zero-order valence-electron chi connectivity index (χ0n) is 12.4. The van der Waals surface area contributed by atoms with Crippen molar-refractivity contribution in [3.8, 4) is 0 Å². The molecule has 0 amide bonds. The van der Waals surface area contributed by atoms with Crippen LogP contribution in [0.4, 0.5) is 11.6 Å². The van der Waals surface area contributed by atoms with Crippen molar-refractivity contribution in [1.82, 2.24) is 9.97 Å². The number of aromatic nitrogens is 2. The molecule has 4 heteroatoms. The first-order chi connectivity index (χ1) is 8.24. The topological polar surface area (TPSA) is 63.8 Å². The second kappa shape index (κ2) is 5.55. The standard InChI is InChI=1S/C14H26N4/c1-7-10(9(2)3)16-12-8-11(15)17-13(18-12)14(4,5)6/h8-10H,7H2,1-6H3,(H3,15,16,17,18). The number of nitrogens with two attached hydrogens (primary N) is 1. The molecule has 0 aromatic carbocycles. The molecule has 18 heavy (non-hydrogen) atoms. The monoisotopic (exact) mass is 250 g/mol. The smallest absolute Gasteiger partial charge is 0.138 e. The van der Waals surface area contributed by atoms with Crippen LogP contribution < -0.4 is 11.1 Å². The molecular weight excluding hydrogens is 224 g/mol. The fourth-order valence-corrected chi connectivity index (χ4v) is 1.81. The molecule has 1 unspecified atom stereocenters. The number of nitrogen functional groups attached to an aromatic ring is 1. The minimum Gasteiger partial charge on any atom is -0.384 e. The van der Waals surface area contributed by atoms with E-state index in [0.29, 0.717) is 17.8 Å². The highest BCUT2D eigenvalue weighted by molar-refractivity contribution is 5.46. The van der Waals surface area contributed by atoms with Crippen molar-refractivity contribution in [1.29, 1.82) is 0 Å². The largest absolute Gasteiger partial charge is 0.384 e. The lowest BCUT2D eigenvalue weighted by Crippen LogP contribution is -2.26. The Morgan fingerprint density at radius 3 is 2.33 bits per heavy atom. The molecule has 1 aromatic heterocycles. The van der Waals surface area contributed by atoms with E-state index in [9.17, 15) is 0 Å². The second-order valence-electron chi connectivity index (χ2n) is 6.15. The van der Waals surface area contributed by atoms with Crippen molar-refractivity contribution in [2.45, 2.75) is 59.4 Å². The predicted octanol–water partition coefficient (Wildman–Crippen LogP) is 3.20. The fourth-order valence-electron chi connectivity index (χ4n) is 1.81. The second-order valence-corrected chi connectivity index (χ2v) is 6.15. The van der Waals surface area contributed by atoms with Gasteiger partial charge in [0, 0.05) is 17.5 Å². The number of hydrogen-bond acceptors (Lipinski definition) is 4. The third kappa shape index (κ3) is 3.86. The van der Waals surface area contributed by atoms with E-state index >= 15 is 0 Å². The van der Waals surface area contributed by atoms with Crippen LogP contribution in [0.25, 0.3) is 0 Å². The number of rotatable bonds is 4. The summed E-state index contributed by atoms with van der Waals surface area (Å²) in [6, 6.07) is 2.22. The molecule has 0 spiro atoms. The maximum Gasteiger partial charge on any atom is 0.138 e. The highest BCUT2D eigenvalue weighted by Gasteiger charge is 2.19. The molecule has 1 rings (SSSR count).